The number of carbonyl (C=O) groups excluding carboxylic acids is 2. The van der Waals surface area contributed by atoms with E-state index < -0.39 is 0 Å². The van der Waals surface area contributed by atoms with Crippen molar-refractivity contribution in [1.82, 2.24) is 15.2 Å². The van der Waals surface area contributed by atoms with E-state index in [-0.39, 0.29) is 17.7 Å². The van der Waals surface area contributed by atoms with Crippen LogP contribution in [0.25, 0.3) is 0 Å². The lowest BCUT2D eigenvalue weighted by atomic mass is 9.89. The lowest BCUT2D eigenvalue weighted by Gasteiger charge is -2.32. The number of amides is 2. The van der Waals surface area contributed by atoms with Gasteiger partial charge in [-0.3, -0.25) is 14.6 Å². The Morgan fingerprint density at radius 3 is 2.44 bits per heavy atom. The predicted octanol–water partition coefficient (Wildman–Crippen LogP) is 4.39. The number of aryl methyl sites for hydroxylation is 1. The van der Waals surface area contributed by atoms with E-state index in [1.807, 2.05) is 78.6 Å². The van der Waals surface area contributed by atoms with Crippen LogP contribution in [0.3, 0.4) is 0 Å². The van der Waals surface area contributed by atoms with Crippen molar-refractivity contribution in [2.45, 2.75) is 32.1 Å². The number of likely N-dealkylation sites (tertiary alicyclic amines) is 1. The minimum Gasteiger partial charge on any atom is -0.496 e. The van der Waals surface area contributed by atoms with Crippen molar-refractivity contribution in [3.63, 3.8) is 0 Å². The Morgan fingerprint density at radius 1 is 1.00 bits per heavy atom. The van der Waals surface area contributed by atoms with Gasteiger partial charge in [0, 0.05) is 36.8 Å². The number of rotatable bonds is 7. The molecule has 0 unspecified atom stereocenters. The average molecular weight is 458 g/mol. The second-order valence-corrected chi connectivity index (χ2v) is 8.64. The van der Waals surface area contributed by atoms with Gasteiger partial charge in [0.15, 0.2) is 0 Å². The lowest BCUT2D eigenvalue weighted by Crippen LogP contribution is -2.38. The fourth-order valence-electron chi connectivity index (χ4n) is 4.51. The smallest absolute Gasteiger partial charge is 0.253 e. The number of nitrogens with one attached hydrogen (secondary N) is 1. The summed E-state index contributed by atoms with van der Waals surface area (Å²) in [6.07, 6.45) is 2.26. The zero-order valence-electron chi connectivity index (χ0n) is 19.8. The highest BCUT2D eigenvalue weighted by Crippen LogP contribution is 2.30. The van der Waals surface area contributed by atoms with Gasteiger partial charge < -0.3 is 15.0 Å². The molecule has 3 aromatic rings. The number of nitrogens with zero attached hydrogens (tertiary/aromatic N) is 2. The van der Waals surface area contributed by atoms with Crippen molar-refractivity contribution in [2.24, 2.45) is 0 Å². The number of hydrogen-bond donors (Lipinski definition) is 1. The molecule has 1 N–H and O–H groups in total. The molecule has 4 rings (SSSR count). The predicted molar refractivity (Wildman–Crippen MR) is 132 cm³/mol. The Balaban J connectivity index is 1.40. The standard InChI is InChI=1S/C28H31N3O3/c1-20-12-13-24(27(32)29-17-14-21-8-6-7-11-25(21)34-2)26(30-20)22-15-18-31(19-16-22)28(33)23-9-4-3-5-10-23/h3-13,22H,14-19H2,1-2H3,(H,29,32). The number of piperidine rings is 1. The second kappa shape index (κ2) is 11.0. The first-order valence-corrected chi connectivity index (χ1v) is 11.8. The summed E-state index contributed by atoms with van der Waals surface area (Å²) in [7, 11) is 1.65. The lowest BCUT2D eigenvalue weighted by molar-refractivity contribution is 0.0710. The summed E-state index contributed by atoms with van der Waals surface area (Å²) in [6.45, 7) is 3.77. The van der Waals surface area contributed by atoms with Crippen LogP contribution in [-0.4, -0.2) is 48.4 Å². The molecule has 0 spiro atoms. The van der Waals surface area contributed by atoms with Crippen molar-refractivity contribution < 1.29 is 14.3 Å². The maximum atomic E-state index is 13.1. The van der Waals surface area contributed by atoms with E-state index in [2.05, 4.69) is 5.32 Å². The Hall–Kier alpha value is -3.67. The number of hydrogen-bond acceptors (Lipinski definition) is 4. The van der Waals surface area contributed by atoms with E-state index in [0.29, 0.717) is 37.2 Å². The van der Waals surface area contributed by atoms with Gasteiger partial charge >= 0.3 is 0 Å². The molecule has 34 heavy (non-hydrogen) atoms. The minimum atomic E-state index is -0.111. The first-order chi connectivity index (χ1) is 16.6. The molecule has 0 radical (unpaired) electrons. The SMILES string of the molecule is COc1ccccc1CCNC(=O)c1ccc(C)nc1C1CCN(C(=O)c2ccccc2)CC1. The van der Waals surface area contributed by atoms with Gasteiger partial charge in [-0.1, -0.05) is 36.4 Å². The quantitative estimate of drug-likeness (QED) is 0.571. The number of pyridine rings is 1. The van der Waals surface area contributed by atoms with Crippen molar-refractivity contribution in [3.05, 3.63) is 94.8 Å². The molecule has 2 amide bonds. The zero-order valence-corrected chi connectivity index (χ0v) is 19.8. The Bertz CT molecular complexity index is 1140. The molecule has 1 aliphatic heterocycles. The molecule has 1 aliphatic rings. The van der Waals surface area contributed by atoms with Crippen LogP contribution >= 0.6 is 0 Å². The van der Waals surface area contributed by atoms with Crippen LogP contribution in [0.5, 0.6) is 5.75 Å². The van der Waals surface area contributed by atoms with Crippen LogP contribution < -0.4 is 10.1 Å². The number of methoxy groups -OCH3 is 1. The van der Waals surface area contributed by atoms with Gasteiger partial charge in [0.25, 0.3) is 11.8 Å². The summed E-state index contributed by atoms with van der Waals surface area (Å²) >= 11 is 0. The minimum absolute atomic E-state index is 0.0607. The summed E-state index contributed by atoms with van der Waals surface area (Å²) in [5.74, 6) is 0.923. The van der Waals surface area contributed by atoms with Crippen LogP contribution in [0.1, 0.15) is 56.4 Å². The highest BCUT2D eigenvalue weighted by atomic mass is 16.5. The van der Waals surface area contributed by atoms with Crippen molar-refractivity contribution >= 4 is 11.8 Å². The van der Waals surface area contributed by atoms with E-state index >= 15 is 0 Å². The summed E-state index contributed by atoms with van der Waals surface area (Å²) in [5, 5.41) is 3.05. The molecule has 1 fully saturated rings. The van der Waals surface area contributed by atoms with Crippen molar-refractivity contribution in [1.29, 1.82) is 0 Å². The van der Waals surface area contributed by atoms with Crippen LogP contribution in [0.4, 0.5) is 0 Å². The molecule has 0 saturated carbocycles. The molecular formula is C28H31N3O3. The number of carbonyl (C=O) groups is 2. The molecule has 1 saturated heterocycles. The van der Waals surface area contributed by atoms with E-state index in [1.54, 1.807) is 7.11 Å². The summed E-state index contributed by atoms with van der Waals surface area (Å²) < 4.78 is 5.40. The average Bonchev–Trinajstić information content (AvgIpc) is 2.89. The third kappa shape index (κ3) is 5.45. The molecule has 0 aliphatic carbocycles. The van der Waals surface area contributed by atoms with Crippen molar-refractivity contribution in [2.75, 3.05) is 26.7 Å². The third-order valence-corrected chi connectivity index (χ3v) is 6.37. The van der Waals surface area contributed by atoms with Gasteiger partial charge in [0.05, 0.1) is 18.4 Å². The van der Waals surface area contributed by atoms with E-state index in [1.165, 1.54) is 0 Å². The number of aromatic nitrogens is 1. The topological polar surface area (TPSA) is 71.5 Å². The third-order valence-electron chi connectivity index (χ3n) is 6.37. The van der Waals surface area contributed by atoms with Gasteiger partial charge in [0.1, 0.15) is 5.75 Å². The van der Waals surface area contributed by atoms with Crippen molar-refractivity contribution in [3.8, 4) is 5.75 Å². The molecule has 2 heterocycles. The summed E-state index contributed by atoms with van der Waals surface area (Å²) in [5.41, 5.74) is 4.12. The maximum Gasteiger partial charge on any atom is 0.253 e. The highest BCUT2D eigenvalue weighted by Gasteiger charge is 2.28. The van der Waals surface area contributed by atoms with Crippen LogP contribution in [0.2, 0.25) is 0 Å². The summed E-state index contributed by atoms with van der Waals surface area (Å²) in [4.78, 5) is 32.5. The molecule has 2 aromatic carbocycles. The first-order valence-electron chi connectivity index (χ1n) is 11.8. The van der Waals surface area contributed by atoms with E-state index in [0.717, 1.165) is 35.5 Å². The first kappa shape index (κ1) is 23.5. The van der Waals surface area contributed by atoms with Gasteiger partial charge in [-0.05, 0) is 62.1 Å². The Labute approximate surface area is 201 Å². The van der Waals surface area contributed by atoms with Crippen LogP contribution in [0, 0.1) is 6.92 Å². The fraction of sp³-hybridized carbons (Fsp3) is 0.321. The van der Waals surface area contributed by atoms with E-state index in [9.17, 15) is 9.59 Å². The Morgan fingerprint density at radius 2 is 1.71 bits per heavy atom. The molecule has 176 valence electrons. The van der Waals surface area contributed by atoms with Gasteiger partial charge in [-0.25, -0.2) is 0 Å². The van der Waals surface area contributed by atoms with Gasteiger partial charge in [-0.15, -0.1) is 0 Å². The van der Waals surface area contributed by atoms with Crippen LogP contribution in [-0.2, 0) is 6.42 Å². The largest absolute Gasteiger partial charge is 0.496 e. The van der Waals surface area contributed by atoms with Gasteiger partial charge in [-0.2, -0.15) is 0 Å². The fourth-order valence-corrected chi connectivity index (χ4v) is 4.51. The molecule has 6 heteroatoms. The monoisotopic (exact) mass is 457 g/mol. The van der Waals surface area contributed by atoms with E-state index in [4.69, 9.17) is 9.72 Å². The second-order valence-electron chi connectivity index (χ2n) is 8.64. The number of para-hydroxylation sites is 1. The molecule has 1 aromatic heterocycles. The number of ether oxygens (including phenoxy) is 1. The zero-order chi connectivity index (χ0) is 23.9. The molecule has 0 atom stereocenters. The molecule has 6 nitrogen and oxygen atoms in total. The Kier molecular flexibility index (Phi) is 7.58. The maximum absolute atomic E-state index is 13.1. The summed E-state index contributed by atoms with van der Waals surface area (Å²) in [6, 6.07) is 21.0. The number of benzene rings is 2. The normalized spacial score (nSPS) is 14.0. The van der Waals surface area contributed by atoms with Gasteiger partial charge in [0.2, 0.25) is 0 Å². The van der Waals surface area contributed by atoms with Crippen LogP contribution in [0.15, 0.2) is 66.7 Å². The molecular weight excluding hydrogens is 426 g/mol. The highest BCUT2D eigenvalue weighted by molar-refractivity contribution is 5.96. The molecule has 0 bridgehead atoms.